The van der Waals surface area contributed by atoms with Crippen LogP contribution < -0.4 is 11.1 Å². The molecule has 4 N–H and O–H groups in total. The molecule has 0 heterocycles. The van der Waals surface area contributed by atoms with Crippen molar-refractivity contribution in [2.24, 2.45) is 5.73 Å². The van der Waals surface area contributed by atoms with Gasteiger partial charge in [-0.3, -0.25) is 0 Å². The predicted molar refractivity (Wildman–Crippen MR) is 62.9 cm³/mol. The minimum absolute atomic E-state index is 0.185. The third-order valence-corrected chi connectivity index (χ3v) is 2.51. The second kappa shape index (κ2) is 10.4. The van der Waals surface area contributed by atoms with E-state index in [1.165, 1.54) is 0 Å². The maximum absolute atomic E-state index is 9.39. The smallest absolute Gasteiger partial charge is 0.0615 e. The molecule has 2 atom stereocenters. The Bertz CT molecular complexity index is 134. The van der Waals surface area contributed by atoms with E-state index >= 15 is 0 Å². The average molecular weight is 218 g/mol. The largest absolute Gasteiger partial charge is 0.393 e. The maximum atomic E-state index is 9.39. The Hall–Kier alpha value is -0.160. The monoisotopic (exact) mass is 218 g/mol. The summed E-state index contributed by atoms with van der Waals surface area (Å²) < 4.78 is 5.12. The van der Waals surface area contributed by atoms with Crippen LogP contribution in [0.5, 0.6) is 0 Å². The molecule has 0 aromatic carbocycles. The number of nitrogens with one attached hydrogen (secondary N) is 1. The minimum atomic E-state index is -0.185. The van der Waals surface area contributed by atoms with Crippen molar-refractivity contribution < 1.29 is 9.84 Å². The Kier molecular flexibility index (Phi) is 10.3. The van der Waals surface area contributed by atoms with Gasteiger partial charge in [0.25, 0.3) is 0 Å². The number of aliphatic hydroxyl groups excluding tert-OH is 1. The van der Waals surface area contributed by atoms with E-state index in [-0.39, 0.29) is 6.10 Å². The van der Waals surface area contributed by atoms with E-state index in [0.717, 1.165) is 38.8 Å². The zero-order chi connectivity index (χ0) is 11.5. The van der Waals surface area contributed by atoms with Gasteiger partial charge in [0.15, 0.2) is 0 Å². The maximum Gasteiger partial charge on any atom is 0.0615 e. The Morgan fingerprint density at radius 3 is 2.67 bits per heavy atom. The molecule has 0 aromatic heterocycles. The number of hydrogen-bond donors (Lipinski definition) is 3. The van der Waals surface area contributed by atoms with E-state index in [2.05, 4.69) is 5.32 Å². The zero-order valence-electron chi connectivity index (χ0n) is 10.0. The molecule has 15 heavy (non-hydrogen) atoms. The van der Waals surface area contributed by atoms with Crippen LogP contribution in [0.3, 0.4) is 0 Å². The van der Waals surface area contributed by atoms with E-state index in [1.54, 1.807) is 7.11 Å². The molecule has 0 aromatic rings. The lowest BCUT2D eigenvalue weighted by Crippen LogP contribution is -2.35. The molecule has 0 fully saturated rings. The van der Waals surface area contributed by atoms with Gasteiger partial charge in [0.2, 0.25) is 0 Å². The van der Waals surface area contributed by atoms with Crippen molar-refractivity contribution >= 4 is 0 Å². The predicted octanol–water partition coefficient (Wildman–Crippen LogP) is 0.491. The lowest BCUT2D eigenvalue weighted by Gasteiger charge is -2.18. The van der Waals surface area contributed by atoms with Gasteiger partial charge in [0.1, 0.15) is 0 Å². The fourth-order valence-corrected chi connectivity index (χ4v) is 1.47. The Morgan fingerprint density at radius 1 is 1.40 bits per heavy atom. The highest BCUT2D eigenvalue weighted by atomic mass is 16.5. The zero-order valence-corrected chi connectivity index (χ0v) is 10.0. The van der Waals surface area contributed by atoms with Crippen LogP contribution in [0.25, 0.3) is 0 Å². The van der Waals surface area contributed by atoms with Crippen LogP contribution in [0.1, 0.15) is 32.6 Å². The van der Waals surface area contributed by atoms with Crippen molar-refractivity contribution in [3.63, 3.8) is 0 Å². The number of nitrogens with two attached hydrogens (primary N) is 1. The van der Waals surface area contributed by atoms with E-state index in [0.29, 0.717) is 12.6 Å². The van der Waals surface area contributed by atoms with Gasteiger partial charge in [-0.15, -0.1) is 0 Å². The highest BCUT2D eigenvalue weighted by Gasteiger charge is 2.07. The van der Waals surface area contributed by atoms with Crippen LogP contribution in [-0.2, 0) is 4.74 Å². The van der Waals surface area contributed by atoms with Crippen LogP contribution in [0, 0.1) is 0 Å². The summed E-state index contributed by atoms with van der Waals surface area (Å²) in [6.07, 6.45) is 3.48. The van der Waals surface area contributed by atoms with Gasteiger partial charge in [-0.25, -0.2) is 0 Å². The van der Waals surface area contributed by atoms with Gasteiger partial charge in [0, 0.05) is 13.2 Å². The highest BCUT2D eigenvalue weighted by Crippen LogP contribution is 1.99. The molecule has 0 radical (unpaired) electrons. The Labute approximate surface area is 93.2 Å². The SMILES string of the molecule is CCC(O)CCNC(CCCN)COC. The summed E-state index contributed by atoms with van der Waals surface area (Å²) in [6, 6.07) is 0.364. The minimum Gasteiger partial charge on any atom is -0.393 e. The summed E-state index contributed by atoms with van der Waals surface area (Å²) in [5, 5.41) is 12.8. The lowest BCUT2D eigenvalue weighted by atomic mass is 10.1. The van der Waals surface area contributed by atoms with Gasteiger partial charge >= 0.3 is 0 Å². The summed E-state index contributed by atoms with van der Waals surface area (Å²) in [4.78, 5) is 0. The second-order valence-electron chi connectivity index (χ2n) is 3.89. The van der Waals surface area contributed by atoms with Gasteiger partial charge in [0.05, 0.1) is 12.7 Å². The van der Waals surface area contributed by atoms with Gasteiger partial charge in [-0.05, 0) is 38.8 Å². The number of hydrogen-bond acceptors (Lipinski definition) is 4. The molecule has 0 saturated carbocycles. The van der Waals surface area contributed by atoms with E-state index in [4.69, 9.17) is 10.5 Å². The van der Waals surface area contributed by atoms with Gasteiger partial charge in [-0.2, -0.15) is 0 Å². The third-order valence-electron chi connectivity index (χ3n) is 2.51. The quantitative estimate of drug-likeness (QED) is 0.499. The van der Waals surface area contributed by atoms with E-state index < -0.39 is 0 Å². The topological polar surface area (TPSA) is 67.5 Å². The summed E-state index contributed by atoms with van der Waals surface area (Å²) in [6.45, 7) is 4.26. The van der Waals surface area contributed by atoms with Gasteiger partial charge < -0.3 is 20.9 Å². The molecule has 0 amide bonds. The van der Waals surface area contributed by atoms with Crippen molar-refractivity contribution in [2.45, 2.75) is 44.8 Å². The number of rotatable bonds is 10. The first-order valence-corrected chi connectivity index (χ1v) is 5.85. The van der Waals surface area contributed by atoms with Crippen LogP contribution in [0.15, 0.2) is 0 Å². The molecule has 0 saturated heterocycles. The molecule has 92 valence electrons. The summed E-state index contributed by atoms with van der Waals surface area (Å²) in [5.41, 5.74) is 5.46. The summed E-state index contributed by atoms with van der Waals surface area (Å²) in [7, 11) is 1.71. The lowest BCUT2D eigenvalue weighted by molar-refractivity contribution is 0.143. The van der Waals surface area contributed by atoms with Crippen molar-refractivity contribution in [1.82, 2.24) is 5.32 Å². The fraction of sp³-hybridized carbons (Fsp3) is 1.00. The van der Waals surface area contributed by atoms with Crippen LogP contribution in [0.4, 0.5) is 0 Å². The Balaban J connectivity index is 3.55. The Morgan fingerprint density at radius 2 is 2.13 bits per heavy atom. The van der Waals surface area contributed by atoms with Crippen molar-refractivity contribution in [2.75, 3.05) is 26.8 Å². The molecule has 0 bridgehead atoms. The first-order valence-electron chi connectivity index (χ1n) is 5.85. The van der Waals surface area contributed by atoms with Crippen LogP contribution >= 0.6 is 0 Å². The molecule has 2 unspecified atom stereocenters. The molecule has 0 aliphatic heterocycles. The third kappa shape index (κ3) is 8.81. The fourth-order valence-electron chi connectivity index (χ4n) is 1.47. The van der Waals surface area contributed by atoms with E-state index in [1.807, 2.05) is 6.92 Å². The number of aliphatic hydroxyl groups is 1. The van der Waals surface area contributed by atoms with Crippen LogP contribution in [-0.4, -0.2) is 44.1 Å². The van der Waals surface area contributed by atoms with Crippen molar-refractivity contribution in [3.05, 3.63) is 0 Å². The molecular formula is C11H26N2O2. The molecular weight excluding hydrogens is 192 g/mol. The summed E-state index contributed by atoms with van der Waals surface area (Å²) >= 11 is 0. The van der Waals surface area contributed by atoms with Crippen molar-refractivity contribution in [3.8, 4) is 0 Å². The second-order valence-corrected chi connectivity index (χ2v) is 3.89. The molecule has 4 heteroatoms. The standard InChI is InChI=1S/C11H26N2O2/c1-3-11(14)6-8-13-10(9-15-2)5-4-7-12/h10-11,13-14H,3-9,12H2,1-2H3. The molecule has 0 aliphatic carbocycles. The first kappa shape index (κ1) is 14.8. The summed E-state index contributed by atoms with van der Waals surface area (Å²) in [5.74, 6) is 0. The average Bonchev–Trinajstić information content (AvgIpc) is 2.25. The molecule has 0 rings (SSSR count). The number of ether oxygens (including phenoxy) is 1. The van der Waals surface area contributed by atoms with Crippen molar-refractivity contribution in [1.29, 1.82) is 0 Å². The molecule has 4 nitrogen and oxygen atoms in total. The van der Waals surface area contributed by atoms with Gasteiger partial charge in [-0.1, -0.05) is 6.92 Å². The normalized spacial score (nSPS) is 15.2. The highest BCUT2D eigenvalue weighted by molar-refractivity contribution is 4.67. The molecule has 0 aliphatic rings. The van der Waals surface area contributed by atoms with Crippen LogP contribution in [0.2, 0.25) is 0 Å². The van der Waals surface area contributed by atoms with E-state index in [9.17, 15) is 5.11 Å². The number of methoxy groups -OCH3 is 1. The first-order chi connectivity index (χ1) is 7.24. The molecule has 0 spiro atoms.